The van der Waals surface area contributed by atoms with E-state index in [0.717, 1.165) is 25.0 Å². The van der Waals surface area contributed by atoms with Gasteiger partial charge in [-0.15, -0.1) is 0 Å². The van der Waals surface area contributed by atoms with E-state index in [2.05, 4.69) is 0 Å². The Labute approximate surface area is 267 Å². The number of carboxylic acid groups (broad SMARTS) is 1. The summed E-state index contributed by atoms with van der Waals surface area (Å²) in [5.41, 5.74) is 3.85. The molecule has 2 aliphatic heterocycles. The summed E-state index contributed by atoms with van der Waals surface area (Å²) in [5, 5.41) is 20.7. The van der Waals surface area contributed by atoms with E-state index in [9.17, 15) is 29.4 Å². The van der Waals surface area contributed by atoms with Crippen LogP contribution < -0.4 is 25.7 Å². The first kappa shape index (κ1) is 32.2. The summed E-state index contributed by atoms with van der Waals surface area (Å²) in [6.45, 7) is 1.54. The molecule has 13 nitrogen and oxygen atoms in total. The number of benzene rings is 2. The molecule has 250 valence electrons. The lowest BCUT2D eigenvalue weighted by Gasteiger charge is -2.39. The Morgan fingerprint density at radius 3 is 2.49 bits per heavy atom. The van der Waals surface area contributed by atoms with Gasteiger partial charge in [0.25, 0.3) is 0 Å². The first-order valence-electron chi connectivity index (χ1n) is 15.3. The minimum atomic E-state index is -1.37. The Morgan fingerprint density at radius 1 is 1.13 bits per heavy atom. The van der Waals surface area contributed by atoms with Crippen LogP contribution in [0.15, 0.2) is 41.3 Å². The van der Waals surface area contributed by atoms with Crippen molar-refractivity contribution in [3.05, 3.63) is 63.9 Å². The number of anilines is 2. The quantitative estimate of drug-likeness (QED) is 0.274. The number of nitrogens with zero attached hydrogens (tertiary/aromatic N) is 3. The molecule has 1 aromatic heterocycles. The molecule has 6 rings (SSSR count). The number of amides is 1. The highest BCUT2D eigenvalue weighted by Crippen LogP contribution is 2.39. The predicted octanol–water partition coefficient (Wildman–Crippen LogP) is 2.94. The number of pyridine rings is 1. The molecule has 2 saturated heterocycles. The van der Waals surface area contributed by atoms with Crippen molar-refractivity contribution in [2.75, 3.05) is 42.6 Å². The number of cyclic esters (lactones) is 1. The number of ether oxygens (including phenoxy) is 3. The number of aliphatic hydroxyl groups is 1. The number of rotatable bonds is 10. The molecule has 1 unspecified atom stereocenters. The molecule has 1 aliphatic carbocycles. The Kier molecular flexibility index (Phi) is 8.53. The minimum absolute atomic E-state index is 0.00266. The number of fused-ring (bicyclic) bond motifs is 1. The van der Waals surface area contributed by atoms with Crippen LogP contribution in [0, 0.1) is 11.6 Å². The number of esters is 1. The van der Waals surface area contributed by atoms with Gasteiger partial charge in [-0.1, -0.05) is 0 Å². The van der Waals surface area contributed by atoms with Crippen molar-refractivity contribution in [3.63, 3.8) is 0 Å². The fraction of sp³-hybridized carbons (Fsp3) is 0.438. The van der Waals surface area contributed by atoms with Gasteiger partial charge >= 0.3 is 18.0 Å². The molecule has 2 aromatic carbocycles. The largest absolute Gasteiger partial charge is 0.488 e. The van der Waals surface area contributed by atoms with Crippen LogP contribution in [0.5, 0.6) is 5.75 Å². The van der Waals surface area contributed by atoms with Crippen molar-refractivity contribution in [3.8, 4) is 5.75 Å². The van der Waals surface area contributed by atoms with Gasteiger partial charge in [0.2, 0.25) is 5.43 Å². The number of halogens is 2. The lowest BCUT2D eigenvalue weighted by Crippen LogP contribution is -2.48. The summed E-state index contributed by atoms with van der Waals surface area (Å²) in [6, 6.07) is 5.74. The van der Waals surface area contributed by atoms with Crippen molar-refractivity contribution in [1.82, 2.24) is 4.57 Å². The summed E-state index contributed by atoms with van der Waals surface area (Å²) in [5.74, 6) is -3.60. The number of piperidine rings is 1. The first-order chi connectivity index (χ1) is 22.3. The van der Waals surface area contributed by atoms with Crippen LogP contribution in [-0.2, 0) is 14.3 Å². The van der Waals surface area contributed by atoms with E-state index in [0.29, 0.717) is 5.52 Å². The highest BCUT2D eigenvalue weighted by molar-refractivity contribution is 5.94. The number of carboxylic acids is 1. The molecular formula is C32H34F2N4O9. The molecular weight excluding hydrogens is 622 g/mol. The normalized spacial score (nSPS) is 19.9. The maximum absolute atomic E-state index is 15.3. The third-order valence-electron chi connectivity index (χ3n) is 8.69. The third-order valence-corrected chi connectivity index (χ3v) is 8.69. The van der Waals surface area contributed by atoms with Gasteiger partial charge < -0.3 is 39.6 Å². The maximum Gasteiger partial charge on any atom is 0.414 e. The number of nitrogens with two attached hydrogens (primary N) is 1. The van der Waals surface area contributed by atoms with Crippen molar-refractivity contribution < 1.29 is 47.6 Å². The molecule has 3 heterocycles. The second kappa shape index (κ2) is 12.4. The van der Waals surface area contributed by atoms with E-state index in [1.54, 1.807) is 15.5 Å². The van der Waals surface area contributed by atoms with Gasteiger partial charge in [-0.3, -0.25) is 14.5 Å². The summed E-state index contributed by atoms with van der Waals surface area (Å²) >= 11 is 0. The Bertz CT molecular complexity index is 1800. The predicted molar refractivity (Wildman–Crippen MR) is 164 cm³/mol. The molecule has 1 amide bonds. The van der Waals surface area contributed by atoms with Gasteiger partial charge in [0, 0.05) is 36.8 Å². The van der Waals surface area contributed by atoms with E-state index < -0.39 is 58.4 Å². The monoisotopic (exact) mass is 656 g/mol. The topological polar surface area (TPSA) is 174 Å². The number of carbonyl (C=O) groups is 3. The fourth-order valence-electron chi connectivity index (χ4n) is 5.83. The average molecular weight is 657 g/mol. The number of hydrogen-bond donors (Lipinski definition) is 3. The molecule has 15 heteroatoms. The summed E-state index contributed by atoms with van der Waals surface area (Å²) < 4.78 is 47.9. The van der Waals surface area contributed by atoms with Gasteiger partial charge in [-0.25, -0.2) is 18.4 Å². The van der Waals surface area contributed by atoms with Crippen molar-refractivity contribution in [2.45, 2.75) is 56.4 Å². The Morgan fingerprint density at radius 2 is 1.85 bits per heavy atom. The van der Waals surface area contributed by atoms with Crippen LogP contribution in [0.1, 0.15) is 49.0 Å². The van der Waals surface area contributed by atoms with Crippen molar-refractivity contribution in [2.24, 2.45) is 5.73 Å². The molecule has 47 heavy (non-hydrogen) atoms. The van der Waals surface area contributed by atoms with Crippen LogP contribution >= 0.6 is 0 Å². The Balaban J connectivity index is 1.08. The summed E-state index contributed by atoms with van der Waals surface area (Å²) in [7, 11) is 0. The van der Waals surface area contributed by atoms with Gasteiger partial charge in [-0.2, -0.15) is 0 Å². The molecule has 3 fully saturated rings. The Hall–Kier alpha value is -4.76. The van der Waals surface area contributed by atoms with Crippen LogP contribution in [-0.4, -0.2) is 83.4 Å². The van der Waals surface area contributed by atoms with Crippen LogP contribution in [0.3, 0.4) is 0 Å². The molecule has 4 N–H and O–H groups in total. The molecule has 1 saturated carbocycles. The van der Waals surface area contributed by atoms with Gasteiger partial charge in [-0.05, 0) is 56.9 Å². The fourth-order valence-corrected chi connectivity index (χ4v) is 5.83. The molecule has 0 bridgehead atoms. The maximum atomic E-state index is 15.3. The lowest BCUT2D eigenvalue weighted by atomic mass is 9.92. The van der Waals surface area contributed by atoms with Crippen LogP contribution in [0.4, 0.5) is 25.0 Å². The molecule has 2 atom stereocenters. The highest BCUT2D eigenvalue weighted by atomic mass is 19.1. The second-order valence-electron chi connectivity index (χ2n) is 12.3. The van der Waals surface area contributed by atoms with E-state index in [1.165, 1.54) is 30.2 Å². The SMILES string of the molecule is CC(N)C(=O)OC[C@H]1CN(c2ccc(OCC3(O)CCN(c4cc5c(cc4F)c(=O)c(C(=O)O)cn5C4CC4)CC3)c(F)c2)C(=O)O1. The minimum Gasteiger partial charge on any atom is -0.488 e. The van der Waals surface area contributed by atoms with Gasteiger partial charge in [0.05, 0.1) is 23.4 Å². The van der Waals surface area contributed by atoms with Gasteiger partial charge in [0.1, 0.15) is 36.2 Å². The number of carbonyl (C=O) groups excluding carboxylic acids is 2. The zero-order chi connectivity index (χ0) is 33.6. The van der Waals surface area contributed by atoms with Crippen molar-refractivity contribution in [1.29, 1.82) is 0 Å². The summed E-state index contributed by atoms with van der Waals surface area (Å²) in [4.78, 5) is 51.3. The summed E-state index contributed by atoms with van der Waals surface area (Å²) in [6.07, 6.45) is 1.83. The van der Waals surface area contributed by atoms with E-state index in [4.69, 9.17) is 19.9 Å². The third kappa shape index (κ3) is 6.58. The number of hydrogen-bond acceptors (Lipinski definition) is 10. The van der Waals surface area contributed by atoms with Crippen LogP contribution in [0.25, 0.3) is 10.9 Å². The van der Waals surface area contributed by atoms with Crippen molar-refractivity contribution >= 4 is 40.3 Å². The van der Waals surface area contributed by atoms with E-state index >= 15 is 8.78 Å². The van der Waals surface area contributed by atoms with Gasteiger partial charge in [0.15, 0.2) is 17.7 Å². The lowest BCUT2D eigenvalue weighted by molar-refractivity contribution is -0.147. The number of aromatic nitrogens is 1. The van der Waals surface area contributed by atoms with E-state index in [1.807, 2.05) is 0 Å². The standard InChI is InChI=1S/C32H34F2N4O9/c1-17(35)30(42)45-15-20-13-38(31(43)47-20)19-4-5-27(24(34)10-19)46-16-32(44)6-8-36(9-7-32)26-12-25-21(11-23(26)33)28(39)22(29(40)41)14-37(25)18-2-3-18/h4-5,10-12,14,17-18,20,44H,2-3,6-9,13,15-16,35H2,1H3,(H,40,41)/t17?,20-/m1/s1. The molecule has 0 radical (unpaired) electrons. The zero-order valence-electron chi connectivity index (χ0n) is 25.5. The smallest absolute Gasteiger partial charge is 0.414 e. The molecule has 3 aliphatic rings. The molecule has 3 aromatic rings. The second-order valence-corrected chi connectivity index (χ2v) is 12.3. The highest BCUT2D eigenvalue weighted by Gasteiger charge is 2.36. The number of aromatic carboxylic acids is 1. The molecule has 0 spiro atoms. The first-order valence-corrected chi connectivity index (χ1v) is 15.3. The van der Waals surface area contributed by atoms with Crippen LogP contribution in [0.2, 0.25) is 0 Å². The average Bonchev–Trinajstić information content (AvgIpc) is 3.81. The van der Waals surface area contributed by atoms with E-state index in [-0.39, 0.29) is 74.2 Å². The zero-order valence-corrected chi connectivity index (χ0v) is 25.5.